The first-order chi connectivity index (χ1) is 7.54. The van der Waals surface area contributed by atoms with Crippen LogP contribution in [-0.4, -0.2) is 30.8 Å². The van der Waals surface area contributed by atoms with Crippen LogP contribution in [0.3, 0.4) is 0 Å². The summed E-state index contributed by atoms with van der Waals surface area (Å²) in [6, 6.07) is 5.04. The average molecular weight is 261 g/mol. The van der Waals surface area contributed by atoms with Gasteiger partial charge >= 0.3 is 5.37 Å². The van der Waals surface area contributed by atoms with E-state index in [9.17, 15) is 4.79 Å². The van der Waals surface area contributed by atoms with Crippen LogP contribution in [0, 0.1) is 0 Å². The van der Waals surface area contributed by atoms with E-state index in [-0.39, 0.29) is 0 Å². The van der Waals surface area contributed by atoms with Crippen molar-refractivity contribution in [2.24, 2.45) is 4.99 Å². The summed E-state index contributed by atoms with van der Waals surface area (Å²) in [5.74, 6) is 0.572. The molecule has 0 spiro atoms. The minimum atomic E-state index is -0.608. The van der Waals surface area contributed by atoms with E-state index in [4.69, 9.17) is 27.9 Å². The van der Waals surface area contributed by atoms with Crippen molar-refractivity contribution in [3.05, 3.63) is 23.2 Å². The lowest BCUT2D eigenvalue weighted by Gasteiger charge is -2.05. The summed E-state index contributed by atoms with van der Waals surface area (Å²) in [4.78, 5) is 15.9. The number of ether oxygens (including phenoxy) is 1. The Morgan fingerprint density at radius 1 is 1.56 bits per heavy atom. The van der Waals surface area contributed by atoms with Crippen molar-refractivity contribution in [1.82, 2.24) is 4.90 Å². The molecule has 0 aliphatic rings. The molecule has 1 amide bonds. The van der Waals surface area contributed by atoms with Crippen molar-refractivity contribution in [2.45, 2.75) is 0 Å². The maximum atomic E-state index is 10.7. The molecule has 1 aromatic rings. The molecule has 0 saturated heterocycles. The molecule has 4 nitrogen and oxygen atoms in total. The number of nitrogens with zero attached hydrogens (tertiary/aromatic N) is 2. The summed E-state index contributed by atoms with van der Waals surface area (Å²) in [5.41, 5.74) is 0.607. The molecule has 0 fully saturated rings. The maximum Gasteiger partial charge on any atom is 0.321 e. The first-order valence-corrected chi connectivity index (χ1v) is 5.10. The van der Waals surface area contributed by atoms with Gasteiger partial charge in [0.1, 0.15) is 5.75 Å². The van der Waals surface area contributed by atoms with E-state index in [1.54, 1.807) is 18.2 Å². The Kier molecular flexibility index (Phi) is 4.58. The number of rotatable bonds is 3. The van der Waals surface area contributed by atoms with E-state index in [0.717, 1.165) is 4.90 Å². The lowest BCUT2D eigenvalue weighted by molar-refractivity contribution is 0.248. The smallest absolute Gasteiger partial charge is 0.321 e. The van der Waals surface area contributed by atoms with Crippen molar-refractivity contribution in [3.8, 4) is 5.75 Å². The fourth-order valence-corrected chi connectivity index (χ4v) is 1.23. The normalized spacial score (nSPS) is 10.5. The van der Waals surface area contributed by atoms with Crippen LogP contribution in [0.2, 0.25) is 5.02 Å². The van der Waals surface area contributed by atoms with Gasteiger partial charge in [-0.25, -0.2) is 4.99 Å². The molecule has 0 saturated carbocycles. The maximum absolute atomic E-state index is 10.7. The third-order valence-corrected chi connectivity index (χ3v) is 2.35. The Morgan fingerprint density at radius 2 is 2.25 bits per heavy atom. The molecule has 0 radical (unpaired) electrons. The molecule has 0 bridgehead atoms. The third-order valence-electron chi connectivity index (χ3n) is 1.79. The van der Waals surface area contributed by atoms with Crippen molar-refractivity contribution >= 4 is 40.6 Å². The minimum absolute atomic E-state index is 0.456. The van der Waals surface area contributed by atoms with Crippen molar-refractivity contribution in [1.29, 1.82) is 0 Å². The molecular formula is C10H10Cl2N2O2. The zero-order valence-electron chi connectivity index (χ0n) is 8.78. The lowest BCUT2D eigenvalue weighted by atomic mass is 10.3. The Hall–Kier alpha value is -1.26. The van der Waals surface area contributed by atoms with Crippen LogP contribution >= 0.6 is 23.2 Å². The number of aliphatic imine (C=N–C) groups is 1. The highest BCUT2D eigenvalue weighted by Gasteiger charge is 2.02. The molecule has 1 rings (SSSR count). The van der Waals surface area contributed by atoms with Gasteiger partial charge in [0, 0.05) is 7.05 Å². The zero-order valence-corrected chi connectivity index (χ0v) is 10.3. The first-order valence-electron chi connectivity index (χ1n) is 4.34. The minimum Gasteiger partial charge on any atom is -0.495 e. The Labute approximate surface area is 103 Å². The summed E-state index contributed by atoms with van der Waals surface area (Å²) in [6.45, 7) is 0. The molecule has 0 aliphatic carbocycles. The van der Waals surface area contributed by atoms with E-state index >= 15 is 0 Å². The van der Waals surface area contributed by atoms with Gasteiger partial charge in [0.25, 0.3) is 0 Å². The first kappa shape index (κ1) is 12.8. The van der Waals surface area contributed by atoms with Gasteiger partial charge in [-0.05, 0) is 29.8 Å². The summed E-state index contributed by atoms with van der Waals surface area (Å²) in [7, 11) is 3.04. The number of amides is 1. The van der Waals surface area contributed by atoms with Crippen LogP contribution in [0.1, 0.15) is 0 Å². The van der Waals surface area contributed by atoms with Gasteiger partial charge in [-0.1, -0.05) is 11.6 Å². The molecule has 16 heavy (non-hydrogen) atoms. The number of hydrogen-bond donors (Lipinski definition) is 0. The Balaban J connectivity index is 2.83. The van der Waals surface area contributed by atoms with Crippen LogP contribution in [0.15, 0.2) is 23.2 Å². The average Bonchev–Trinajstić information content (AvgIpc) is 2.25. The Morgan fingerprint density at radius 3 is 2.75 bits per heavy atom. The number of carbonyl (C=O) groups is 1. The highest BCUT2D eigenvalue weighted by atomic mass is 35.5. The largest absolute Gasteiger partial charge is 0.495 e. The van der Waals surface area contributed by atoms with Gasteiger partial charge in [0.05, 0.1) is 24.2 Å². The second kappa shape index (κ2) is 5.72. The monoisotopic (exact) mass is 260 g/mol. The Bertz CT molecular complexity index is 421. The van der Waals surface area contributed by atoms with Gasteiger partial charge in [0.15, 0.2) is 0 Å². The van der Waals surface area contributed by atoms with Crippen molar-refractivity contribution in [2.75, 3.05) is 14.2 Å². The molecule has 0 atom stereocenters. The highest BCUT2D eigenvalue weighted by Crippen LogP contribution is 2.28. The van der Waals surface area contributed by atoms with Crippen LogP contribution in [0.4, 0.5) is 10.5 Å². The molecule has 6 heteroatoms. The van der Waals surface area contributed by atoms with Crippen molar-refractivity contribution < 1.29 is 9.53 Å². The van der Waals surface area contributed by atoms with Gasteiger partial charge in [-0.3, -0.25) is 9.69 Å². The standard InChI is InChI=1S/C10H10Cl2N2O2/c1-14(10(12)15)6-13-7-3-4-9(16-2)8(11)5-7/h3-6H,1-2H3. The van der Waals surface area contributed by atoms with Crippen LogP contribution in [0.5, 0.6) is 5.75 Å². The van der Waals surface area contributed by atoms with E-state index in [1.807, 2.05) is 0 Å². The molecule has 0 N–H and O–H groups in total. The van der Waals surface area contributed by atoms with Crippen LogP contribution < -0.4 is 4.74 Å². The number of methoxy groups -OCH3 is 1. The molecule has 0 aromatic heterocycles. The topological polar surface area (TPSA) is 41.9 Å². The summed E-state index contributed by atoms with van der Waals surface area (Å²) in [6.07, 6.45) is 1.31. The lowest BCUT2D eigenvalue weighted by Crippen LogP contribution is -2.17. The summed E-state index contributed by atoms with van der Waals surface area (Å²) in [5, 5.41) is -0.152. The molecule has 0 unspecified atom stereocenters. The van der Waals surface area contributed by atoms with Gasteiger partial charge in [0.2, 0.25) is 0 Å². The molecular weight excluding hydrogens is 251 g/mol. The van der Waals surface area contributed by atoms with E-state index < -0.39 is 5.37 Å². The number of halogens is 2. The molecule has 0 aliphatic heterocycles. The fraction of sp³-hybridized carbons (Fsp3) is 0.200. The zero-order chi connectivity index (χ0) is 12.1. The van der Waals surface area contributed by atoms with Crippen molar-refractivity contribution in [3.63, 3.8) is 0 Å². The van der Waals surface area contributed by atoms with Gasteiger partial charge < -0.3 is 4.74 Å². The summed E-state index contributed by atoms with van der Waals surface area (Å²) >= 11 is 11.1. The second-order valence-corrected chi connectivity index (χ2v) is 3.66. The van der Waals surface area contributed by atoms with E-state index in [0.29, 0.717) is 16.5 Å². The second-order valence-electron chi connectivity index (χ2n) is 2.93. The quantitative estimate of drug-likeness (QED) is 0.362. The van der Waals surface area contributed by atoms with Gasteiger partial charge in [-0.15, -0.1) is 0 Å². The van der Waals surface area contributed by atoms with Crippen LogP contribution in [0.25, 0.3) is 0 Å². The van der Waals surface area contributed by atoms with Crippen LogP contribution in [-0.2, 0) is 0 Å². The van der Waals surface area contributed by atoms with Gasteiger partial charge in [-0.2, -0.15) is 0 Å². The molecule has 1 aromatic carbocycles. The highest BCUT2D eigenvalue weighted by molar-refractivity contribution is 6.63. The fourth-order valence-electron chi connectivity index (χ4n) is 0.934. The number of hydrogen-bond acceptors (Lipinski definition) is 3. The SMILES string of the molecule is COc1ccc(N=CN(C)C(=O)Cl)cc1Cl. The number of benzene rings is 1. The number of carbonyl (C=O) groups excluding carboxylic acids is 1. The summed E-state index contributed by atoms with van der Waals surface area (Å²) < 4.78 is 4.99. The molecule has 86 valence electrons. The third kappa shape index (κ3) is 3.40. The van der Waals surface area contributed by atoms with E-state index in [1.165, 1.54) is 20.5 Å². The predicted octanol–water partition coefficient (Wildman–Crippen LogP) is 3.30. The predicted molar refractivity (Wildman–Crippen MR) is 65.2 cm³/mol. The molecule has 0 heterocycles. The van der Waals surface area contributed by atoms with E-state index in [2.05, 4.69) is 4.99 Å².